The molecule has 2 N–H and O–H groups in total. The Bertz CT molecular complexity index is 547. The predicted molar refractivity (Wildman–Crippen MR) is 72.1 cm³/mol. The Morgan fingerprint density at radius 3 is 2.68 bits per heavy atom. The van der Waals surface area contributed by atoms with Gasteiger partial charge in [-0.25, -0.2) is 17.9 Å². The minimum absolute atomic E-state index is 0.00455. The zero-order chi connectivity index (χ0) is 13.9. The molecule has 0 unspecified atom stereocenters. The summed E-state index contributed by atoms with van der Waals surface area (Å²) in [6.45, 7) is 3.08. The van der Waals surface area contributed by atoms with E-state index in [1.165, 1.54) is 24.3 Å². The number of likely N-dealkylation sites (tertiary alicyclic amines) is 1. The van der Waals surface area contributed by atoms with Crippen LogP contribution < -0.4 is 4.72 Å². The second-order valence-electron chi connectivity index (χ2n) is 4.41. The third-order valence-corrected chi connectivity index (χ3v) is 5.91. The first-order valence-electron chi connectivity index (χ1n) is 6.03. The van der Waals surface area contributed by atoms with Crippen molar-refractivity contribution in [3.8, 4) is 0 Å². The number of carboxylic acids is 1. The average molecular weight is 304 g/mol. The Hall–Kier alpha value is -0.960. The van der Waals surface area contributed by atoms with Crippen molar-refractivity contribution in [2.24, 2.45) is 0 Å². The highest BCUT2D eigenvalue weighted by Gasteiger charge is 2.19. The molecule has 0 bridgehead atoms. The lowest BCUT2D eigenvalue weighted by atomic mass is 10.4. The highest BCUT2D eigenvalue weighted by atomic mass is 32.2. The molecule has 19 heavy (non-hydrogen) atoms. The summed E-state index contributed by atoms with van der Waals surface area (Å²) in [6.07, 6.45) is 2.33. The van der Waals surface area contributed by atoms with Gasteiger partial charge < -0.3 is 10.0 Å². The number of carboxylic acid groups (broad SMARTS) is 1. The van der Waals surface area contributed by atoms with Crippen molar-refractivity contribution >= 4 is 27.3 Å². The normalized spacial score (nSPS) is 16.8. The summed E-state index contributed by atoms with van der Waals surface area (Å²) in [6, 6.07) is 1.19. The van der Waals surface area contributed by atoms with Gasteiger partial charge in [-0.1, -0.05) is 0 Å². The van der Waals surface area contributed by atoms with E-state index in [2.05, 4.69) is 9.62 Å². The molecule has 1 aliphatic rings. The van der Waals surface area contributed by atoms with Crippen LogP contribution in [-0.2, 0) is 10.0 Å². The topological polar surface area (TPSA) is 86.7 Å². The molecule has 1 aliphatic heterocycles. The van der Waals surface area contributed by atoms with Crippen LogP contribution >= 0.6 is 11.3 Å². The van der Waals surface area contributed by atoms with Crippen molar-refractivity contribution in [2.45, 2.75) is 17.1 Å². The maximum Gasteiger partial charge on any atom is 0.336 e. The van der Waals surface area contributed by atoms with E-state index in [-0.39, 0.29) is 9.77 Å². The molecule has 8 heteroatoms. The van der Waals surface area contributed by atoms with Gasteiger partial charge in [-0.05, 0) is 32.0 Å². The van der Waals surface area contributed by atoms with Gasteiger partial charge in [0.1, 0.15) is 4.21 Å². The fourth-order valence-corrected chi connectivity index (χ4v) is 4.20. The SMILES string of the molecule is O=C(O)c1csc(S(=O)(=O)NCCN2CCCC2)c1. The Labute approximate surface area is 116 Å². The highest BCUT2D eigenvalue weighted by molar-refractivity contribution is 7.91. The lowest BCUT2D eigenvalue weighted by Crippen LogP contribution is -2.33. The molecule has 1 aromatic heterocycles. The minimum Gasteiger partial charge on any atom is -0.478 e. The van der Waals surface area contributed by atoms with E-state index in [9.17, 15) is 13.2 Å². The molecule has 2 rings (SSSR count). The van der Waals surface area contributed by atoms with Crippen LogP contribution in [0.25, 0.3) is 0 Å². The lowest BCUT2D eigenvalue weighted by molar-refractivity contribution is 0.0697. The monoisotopic (exact) mass is 304 g/mol. The van der Waals surface area contributed by atoms with E-state index in [1.54, 1.807) is 0 Å². The molecule has 0 saturated carbocycles. The number of nitrogens with zero attached hydrogens (tertiary/aromatic N) is 1. The van der Waals surface area contributed by atoms with Crippen molar-refractivity contribution in [1.29, 1.82) is 0 Å². The molecule has 0 amide bonds. The van der Waals surface area contributed by atoms with Gasteiger partial charge >= 0.3 is 5.97 Å². The summed E-state index contributed by atoms with van der Waals surface area (Å²) in [5.74, 6) is -1.12. The van der Waals surface area contributed by atoms with E-state index in [0.717, 1.165) is 24.4 Å². The molecule has 0 aromatic carbocycles. The van der Waals surface area contributed by atoms with Gasteiger partial charge in [-0.3, -0.25) is 0 Å². The summed E-state index contributed by atoms with van der Waals surface area (Å²) >= 11 is 0.923. The van der Waals surface area contributed by atoms with Gasteiger partial charge in [0.15, 0.2) is 0 Å². The van der Waals surface area contributed by atoms with Crippen molar-refractivity contribution in [1.82, 2.24) is 9.62 Å². The van der Waals surface area contributed by atoms with Gasteiger partial charge in [0.2, 0.25) is 10.0 Å². The molecule has 0 aliphatic carbocycles. The number of hydrogen-bond donors (Lipinski definition) is 2. The van der Waals surface area contributed by atoms with Gasteiger partial charge in [0.25, 0.3) is 0 Å². The second-order valence-corrected chi connectivity index (χ2v) is 7.31. The first-order chi connectivity index (χ1) is 8.99. The summed E-state index contributed by atoms with van der Waals surface area (Å²) in [4.78, 5) is 12.9. The quantitative estimate of drug-likeness (QED) is 0.812. The van der Waals surface area contributed by atoms with Crippen molar-refractivity contribution in [3.63, 3.8) is 0 Å². The fourth-order valence-electron chi connectivity index (χ4n) is 1.99. The van der Waals surface area contributed by atoms with Crippen LogP contribution in [0.1, 0.15) is 23.2 Å². The van der Waals surface area contributed by atoms with Gasteiger partial charge in [0.05, 0.1) is 5.56 Å². The van der Waals surface area contributed by atoms with Crippen molar-refractivity contribution in [2.75, 3.05) is 26.2 Å². The molecular weight excluding hydrogens is 288 g/mol. The molecule has 1 saturated heterocycles. The number of hydrogen-bond acceptors (Lipinski definition) is 5. The molecule has 1 aromatic rings. The number of thiophene rings is 1. The third kappa shape index (κ3) is 3.75. The van der Waals surface area contributed by atoms with E-state index < -0.39 is 16.0 Å². The second kappa shape index (κ2) is 6.00. The zero-order valence-corrected chi connectivity index (χ0v) is 12.0. The maximum absolute atomic E-state index is 11.9. The first kappa shape index (κ1) is 14.4. The molecule has 2 heterocycles. The van der Waals surface area contributed by atoms with Gasteiger partial charge in [-0.2, -0.15) is 0 Å². The molecule has 0 atom stereocenters. The predicted octanol–water partition coefficient (Wildman–Crippen LogP) is 0.820. The van der Waals surface area contributed by atoms with E-state index in [0.29, 0.717) is 13.1 Å². The Morgan fingerprint density at radius 2 is 2.11 bits per heavy atom. The third-order valence-electron chi connectivity index (χ3n) is 3.01. The lowest BCUT2D eigenvalue weighted by Gasteiger charge is -2.14. The van der Waals surface area contributed by atoms with E-state index in [4.69, 9.17) is 5.11 Å². The van der Waals surface area contributed by atoms with Gasteiger partial charge in [-0.15, -0.1) is 11.3 Å². The summed E-state index contributed by atoms with van der Waals surface area (Å²) < 4.78 is 26.4. The molecular formula is C11H16N2O4S2. The van der Waals surface area contributed by atoms with Gasteiger partial charge in [0, 0.05) is 18.5 Å². The maximum atomic E-state index is 11.9. The average Bonchev–Trinajstić information content (AvgIpc) is 2.99. The molecule has 106 valence electrons. The largest absolute Gasteiger partial charge is 0.478 e. The number of rotatable bonds is 6. The summed E-state index contributed by atoms with van der Waals surface area (Å²) in [5, 5.41) is 10.1. The molecule has 1 fully saturated rings. The molecule has 0 radical (unpaired) electrons. The number of carbonyl (C=O) groups is 1. The summed E-state index contributed by atoms with van der Waals surface area (Å²) in [5.41, 5.74) is 0.00455. The van der Waals surface area contributed by atoms with E-state index >= 15 is 0 Å². The first-order valence-corrected chi connectivity index (χ1v) is 8.39. The van der Waals surface area contributed by atoms with Crippen LogP contribution in [0, 0.1) is 0 Å². The van der Waals surface area contributed by atoms with Crippen LogP contribution in [0.15, 0.2) is 15.7 Å². The van der Waals surface area contributed by atoms with E-state index in [1.807, 2.05) is 0 Å². The smallest absolute Gasteiger partial charge is 0.336 e. The highest BCUT2D eigenvalue weighted by Crippen LogP contribution is 2.19. The fraction of sp³-hybridized carbons (Fsp3) is 0.545. The van der Waals surface area contributed by atoms with Crippen molar-refractivity contribution in [3.05, 3.63) is 17.0 Å². The van der Waals surface area contributed by atoms with Crippen LogP contribution in [0.4, 0.5) is 0 Å². The summed E-state index contributed by atoms with van der Waals surface area (Å²) in [7, 11) is -3.59. The Morgan fingerprint density at radius 1 is 1.42 bits per heavy atom. The standard InChI is InChI=1S/C11H16N2O4S2/c14-11(15)9-7-10(18-8-9)19(16,17)12-3-6-13-4-1-2-5-13/h7-8,12H,1-6H2,(H,14,15). The number of sulfonamides is 1. The minimum atomic E-state index is -3.59. The molecule has 6 nitrogen and oxygen atoms in total. The zero-order valence-electron chi connectivity index (χ0n) is 10.3. The number of nitrogens with one attached hydrogen (secondary N) is 1. The molecule has 0 spiro atoms. The number of aromatic carboxylic acids is 1. The van der Waals surface area contributed by atoms with Crippen LogP contribution in [0.5, 0.6) is 0 Å². The van der Waals surface area contributed by atoms with Crippen LogP contribution in [0.3, 0.4) is 0 Å². The Kier molecular flexibility index (Phi) is 4.56. The van der Waals surface area contributed by atoms with Crippen LogP contribution in [0.2, 0.25) is 0 Å². The Balaban J connectivity index is 1.91. The van der Waals surface area contributed by atoms with Crippen molar-refractivity contribution < 1.29 is 18.3 Å². The van der Waals surface area contributed by atoms with Crippen LogP contribution in [-0.4, -0.2) is 50.6 Å².